The highest BCUT2D eigenvalue weighted by Crippen LogP contribution is 2.20. The van der Waals surface area contributed by atoms with E-state index in [9.17, 15) is 4.79 Å². The number of hydrogen-bond acceptors (Lipinski definition) is 3. The van der Waals surface area contributed by atoms with Gasteiger partial charge in [-0.05, 0) is 18.2 Å². The third-order valence-electron chi connectivity index (χ3n) is 2.52. The van der Waals surface area contributed by atoms with Crippen LogP contribution in [-0.2, 0) is 7.05 Å². The summed E-state index contributed by atoms with van der Waals surface area (Å²) in [5, 5.41) is 0. The van der Waals surface area contributed by atoms with Crippen molar-refractivity contribution in [3.05, 3.63) is 24.0 Å². The lowest BCUT2D eigenvalue weighted by Crippen LogP contribution is -2.08. The molecule has 0 aliphatic heterocycles. The van der Waals surface area contributed by atoms with Crippen molar-refractivity contribution < 1.29 is 4.79 Å². The van der Waals surface area contributed by atoms with Crippen LogP contribution in [0.15, 0.2) is 18.2 Å². The summed E-state index contributed by atoms with van der Waals surface area (Å²) in [7, 11) is 5.80. The molecule has 0 amide bonds. The number of benzene rings is 1. The second-order valence-corrected chi connectivity index (χ2v) is 3.71. The summed E-state index contributed by atoms with van der Waals surface area (Å²) in [6.45, 7) is 0. The van der Waals surface area contributed by atoms with E-state index in [1.165, 1.54) is 0 Å². The van der Waals surface area contributed by atoms with E-state index in [1.54, 1.807) is 4.57 Å². The monoisotopic (exact) mass is 203 g/mol. The lowest BCUT2D eigenvalue weighted by molar-refractivity contribution is 0.111. The highest BCUT2D eigenvalue weighted by Gasteiger charge is 2.07. The number of nitrogens with zero attached hydrogens (tertiary/aromatic N) is 3. The molecule has 0 saturated carbocycles. The fraction of sp³-hybridized carbons (Fsp3) is 0.273. The van der Waals surface area contributed by atoms with E-state index in [0.29, 0.717) is 5.82 Å². The Morgan fingerprint density at radius 1 is 1.40 bits per heavy atom. The van der Waals surface area contributed by atoms with Gasteiger partial charge in [0.25, 0.3) is 0 Å². The largest absolute Gasteiger partial charge is 0.378 e. The fourth-order valence-corrected chi connectivity index (χ4v) is 1.59. The van der Waals surface area contributed by atoms with Crippen LogP contribution in [0.2, 0.25) is 0 Å². The van der Waals surface area contributed by atoms with Gasteiger partial charge in [-0.1, -0.05) is 0 Å². The smallest absolute Gasteiger partial charge is 0.185 e. The molecule has 1 aromatic heterocycles. The molecular weight excluding hydrogens is 190 g/mol. The molecule has 0 spiro atoms. The molecule has 0 unspecified atom stereocenters. The first-order valence-electron chi connectivity index (χ1n) is 4.72. The van der Waals surface area contributed by atoms with Crippen molar-refractivity contribution in [3.8, 4) is 0 Å². The lowest BCUT2D eigenvalue weighted by Gasteiger charge is -2.11. The molecule has 78 valence electrons. The van der Waals surface area contributed by atoms with Crippen molar-refractivity contribution in [3.63, 3.8) is 0 Å². The molecule has 1 heterocycles. The number of carbonyl (C=O) groups is 1. The van der Waals surface area contributed by atoms with Crippen molar-refractivity contribution in [2.75, 3.05) is 19.0 Å². The summed E-state index contributed by atoms with van der Waals surface area (Å²) in [4.78, 5) is 17.0. The second-order valence-electron chi connectivity index (χ2n) is 3.71. The highest BCUT2D eigenvalue weighted by molar-refractivity contribution is 5.85. The van der Waals surface area contributed by atoms with E-state index in [1.807, 2.05) is 44.2 Å². The summed E-state index contributed by atoms with van der Waals surface area (Å²) >= 11 is 0. The van der Waals surface area contributed by atoms with Crippen LogP contribution in [0.25, 0.3) is 11.0 Å². The SMILES string of the molecule is CN(C)c1ccc2c(c1)nc(C=O)n2C. The zero-order valence-corrected chi connectivity index (χ0v) is 9.06. The molecule has 1 aromatic carbocycles. The first-order chi connectivity index (χ1) is 7.13. The van der Waals surface area contributed by atoms with Gasteiger partial charge in [-0.15, -0.1) is 0 Å². The van der Waals surface area contributed by atoms with E-state index in [-0.39, 0.29) is 0 Å². The second kappa shape index (κ2) is 3.38. The standard InChI is InChI=1S/C11H13N3O/c1-13(2)8-4-5-10-9(6-8)12-11(7-15)14(10)3/h4-7H,1-3H3. The third kappa shape index (κ3) is 1.48. The fourth-order valence-electron chi connectivity index (χ4n) is 1.59. The number of anilines is 1. The Morgan fingerprint density at radius 2 is 2.13 bits per heavy atom. The topological polar surface area (TPSA) is 38.1 Å². The summed E-state index contributed by atoms with van der Waals surface area (Å²) in [6.07, 6.45) is 0.773. The predicted molar refractivity (Wildman–Crippen MR) is 60.4 cm³/mol. The summed E-state index contributed by atoms with van der Waals surface area (Å²) in [5.74, 6) is 0.459. The van der Waals surface area contributed by atoms with Gasteiger partial charge in [0.15, 0.2) is 12.1 Å². The van der Waals surface area contributed by atoms with Gasteiger partial charge >= 0.3 is 0 Å². The minimum absolute atomic E-state index is 0.459. The Hall–Kier alpha value is -1.84. The highest BCUT2D eigenvalue weighted by atomic mass is 16.1. The zero-order chi connectivity index (χ0) is 11.0. The first-order valence-corrected chi connectivity index (χ1v) is 4.72. The average Bonchev–Trinajstić information content (AvgIpc) is 2.55. The quantitative estimate of drug-likeness (QED) is 0.693. The number of aryl methyl sites for hydroxylation is 1. The van der Waals surface area contributed by atoms with Gasteiger partial charge in [0.05, 0.1) is 11.0 Å². The molecule has 0 aliphatic carbocycles. The van der Waals surface area contributed by atoms with Crippen molar-refractivity contribution in [2.24, 2.45) is 7.05 Å². The van der Waals surface area contributed by atoms with Crippen LogP contribution in [0.4, 0.5) is 5.69 Å². The number of imidazole rings is 1. The lowest BCUT2D eigenvalue weighted by atomic mass is 10.2. The molecule has 2 aromatic rings. The molecule has 2 rings (SSSR count). The van der Waals surface area contributed by atoms with E-state index in [0.717, 1.165) is 23.0 Å². The van der Waals surface area contributed by atoms with Gasteiger partial charge in [0.1, 0.15) is 0 Å². The van der Waals surface area contributed by atoms with Gasteiger partial charge in [-0.2, -0.15) is 0 Å². The minimum Gasteiger partial charge on any atom is -0.378 e. The predicted octanol–water partition coefficient (Wildman–Crippen LogP) is 1.45. The van der Waals surface area contributed by atoms with Crippen molar-refractivity contribution in [1.82, 2.24) is 9.55 Å². The maximum Gasteiger partial charge on any atom is 0.185 e. The van der Waals surface area contributed by atoms with E-state index in [4.69, 9.17) is 0 Å². The number of fused-ring (bicyclic) bond motifs is 1. The van der Waals surface area contributed by atoms with Gasteiger partial charge in [0, 0.05) is 26.8 Å². The normalized spacial score (nSPS) is 10.6. The van der Waals surface area contributed by atoms with Crippen LogP contribution in [0, 0.1) is 0 Å². The molecule has 0 atom stereocenters. The van der Waals surface area contributed by atoms with Crippen molar-refractivity contribution in [2.45, 2.75) is 0 Å². The minimum atomic E-state index is 0.459. The Morgan fingerprint density at radius 3 is 2.73 bits per heavy atom. The van der Waals surface area contributed by atoms with Crippen molar-refractivity contribution in [1.29, 1.82) is 0 Å². The average molecular weight is 203 g/mol. The maximum absolute atomic E-state index is 10.7. The number of rotatable bonds is 2. The van der Waals surface area contributed by atoms with Crippen LogP contribution in [0.1, 0.15) is 10.6 Å². The Balaban J connectivity index is 2.68. The Bertz CT molecular complexity index is 514. The number of aldehydes is 1. The number of aromatic nitrogens is 2. The van der Waals surface area contributed by atoms with Crippen LogP contribution < -0.4 is 4.90 Å². The molecular formula is C11H13N3O. The van der Waals surface area contributed by atoms with E-state index in [2.05, 4.69) is 4.98 Å². The Labute approximate surface area is 88.1 Å². The van der Waals surface area contributed by atoms with Crippen LogP contribution in [-0.4, -0.2) is 29.9 Å². The van der Waals surface area contributed by atoms with Crippen molar-refractivity contribution >= 4 is 23.0 Å². The maximum atomic E-state index is 10.7. The van der Waals surface area contributed by atoms with Crippen LogP contribution >= 0.6 is 0 Å². The van der Waals surface area contributed by atoms with E-state index >= 15 is 0 Å². The molecule has 0 bridgehead atoms. The molecule has 4 heteroatoms. The van der Waals surface area contributed by atoms with Crippen LogP contribution in [0.5, 0.6) is 0 Å². The zero-order valence-electron chi connectivity index (χ0n) is 9.06. The molecule has 0 saturated heterocycles. The summed E-state index contributed by atoms with van der Waals surface area (Å²) < 4.78 is 1.79. The molecule has 0 aliphatic rings. The number of hydrogen-bond donors (Lipinski definition) is 0. The molecule has 0 radical (unpaired) electrons. The molecule has 0 fully saturated rings. The van der Waals surface area contributed by atoms with Crippen LogP contribution in [0.3, 0.4) is 0 Å². The Kier molecular flexibility index (Phi) is 2.19. The van der Waals surface area contributed by atoms with Gasteiger partial charge < -0.3 is 9.47 Å². The van der Waals surface area contributed by atoms with Gasteiger partial charge in [0.2, 0.25) is 0 Å². The third-order valence-corrected chi connectivity index (χ3v) is 2.52. The van der Waals surface area contributed by atoms with Gasteiger partial charge in [-0.25, -0.2) is 4.98 Å². The first kappa shape index (κ1) is 9.71. The summed E-state index contributed by atoms with van der Waals surface area (Å²) in [5.41, 5.74) is 2.91. The van der Waals surface area contributed by atoms with E-state index < -0.39 is 0 Å². The van der Waals surface area contributed by atoms with Gasteiger partial charge in [-0.3, -0.25) is 4.79 Å². The molecule has 0 N–H and O–H groups in total. The molecule has 15 heavy (non-hydrogen) atoms. The number of carbonyl (C=O) groups excluding carboxylic acids is 1. The molecule has 4 nitrogen and oxygen atoms in total. The summed E-state index contributed by atoms with van der Waals surface area (Å²) in [6, 6.07) is 5.96.